The molecule has 2 fully saturated rings. The van der Waals surface area contributed by atoms with Crippen LogP contribution in [0.3, 0.4) is 0 Å². The largest absolute Gasteiger partial charge is 0.487 e. The van der Waals surface area contributed by atoms with E-state index in [4.69, 9.17) is 4.74 Å². The van der Waals surface area contributed by atoms with Crippen molar-refractivity contribution < 1.29 is 9.53 Å². The highest BCUT2D eigenvalue weighted by Crippen LogP contribution is 2.46. The maximum Gasteiger partial charge on any atom is 0.220 e. The number of nitrogens with one attached hydrogen (secondary N) is 1. The minimum absolute atomic E-state index is 0.152. The molecule has 0 bridgehead atoms. The van der Waals surface area contributed by atoms with Crippen molar-refractivity contribution >= 4 is 5.91 Å². The number of carbonyl (C=O) groups is 1. The number of likely N-dealkylation sites (tertiary alicyclic amines) is 1. The Morgan fingerprint density at radius 2 is 2.07 bits per heavy atom. The van der Waals surface area contributed by atoms with Crippen molar-refractivity contribution in [3.63, 3.8) is 0 Å². The predicted molar refractivity (Wildman–Crippen MR) is 115 cm³/mol. The van der Waals surface area contributed by atoms with Crippen LogP contribution in [0.15, 0.2) is 36.7 Å². The molecule has 1 aromatic heterocycles. The Labute approximate surface area is 178 Å². The van der Waals surface area contributed by atoms with Gasteiger partial charge in [0.05, 0.1) is 6.20 Å². The quantitative estimate of drug-likeness (QED) is 0.824. The number of carbonyl (C=O) groups excluding carboxylic acids is 1. The van der Waals surface area contributed by atoms with E-state index in [0.717, 1.165) is 57.5 Å². The molecule has 0 unspecified atom stereocenters. The van der Waals surface area contributed by atoms with Crippen LogP contribution in [0.5, 0.6) is 5.75 Å². The summed E-state index contributed by atoms with van der Waals surface area (Å²) in [6.07, 6.45) is 11.1. The third-order valence-electron chi connectivity index (χ3n) is 7.14. The summed E-state index contributed by atoms with van der Waals surface area (Å²) in [6.45, 7) is 2.96. The number of rotatable bonds is 5. The van der Waals surface area contributed by atoms with Gasteiger partial charge in [-0.25, -0.2) is 0 Å². The maximum atomic E-state index is 12.7. The van der Waals surface area contributed by atoms with Gasteiger partial charge in [-0.2, -0.15) is 5.10 Å². The lowest BCUT2D eigenvalue weighted by atomic mass is 9.76. The number of benzene rings is 1. The molecule has 2 aliphatic heterocycles. The summed E-state index contributed by atoms with van der Waals surface area (Å²) in [6, 6.07) is 8.72. The van der Waals surface area contributed by atoms with E-state index < -0.39 is 0 Å². The van der Waals surface area contributed by atoms with Crippen molar-refractivity contribution in [3.05, 3.63) is 47.8 Å². The van der Waals surface area contributed by atoms with Gasteiger partial charge in [-0.1, -0.05) is 18.2 Å². The standard InChI is InChI=1S/C24H32N4O2/c1-27-16-18(15-25-27)17-28-11-9-24(10-12-28)14-19(13-23(29)26-20-5-4-6-20)21-7-2-3-8-22(21)30-24/h2-3,7-8,15-16,19-20H,4-6,9-14,17H2,1H3,(H,26,29)/t19-/m1/s1. The van der Waals surface area contributed by atoms with Gasteiger partial charge >= 0.3 is 0 Å². The van der Waals surface area contributed by atoms with Crippen LogP contribution in [0.1, 0.15) is 62.0 Å². The Morgan fingerprint density at radius 1 is 1.27 bits per heavy atom. The third kappa shape index (κ3) is 4.10. The lowest BCUT2D eigenvalue weighted by molar-refractivity contribution is -0.123. The summed E-state index contributed by atoms with van der Waals surface area (Å²) in [5.41, 5.74) is 2.31. The van der Waals surface area contributed by atoms with Crippen molar-refractivity contribution in [1.29, 1.82) is 0 Å². The van der Waals surface area contributed by atoms with Gasteiger partial charge in [0.1, 0.15) is 11.4 Å². The van der Waals surface area contributed by atoms with Crippen molar-refractivity contribution in [2.75, 3.05) is 13.1 Å². The fourth-order valence-electron chi connectivity index (χ4n) is 5.23. The lowest BCUT2D eigenvalue weighted by Crippen LogP contribution is -2.50. The van der Waals surface area contributed by atoms with E-state index >= 15 is 0 Å². The second-order valence-corrected chi connectivity index (χ2v) is 9.42. The van der Waals surface area contributed by atoms with E-state index in [1.807, 2.05) is 24.0 Å². The molecule has 3 aliphatic rings. The van der Waals surface area contributed by atoms with E-state index in [-0.39, 0.29) is 17.4 Å². The third-order valence-corrected chi connectivity index (χ3v) is 7.14. The number of aromatic nitrogens is 2. The Kier molecular flexibility index (Phi) is 5.27. The molecule has 6 nitrogen and oxygen atoms in total. The predicted octanol–water partition coefficient (Wildman–Crippen LogP) is 3.38. The number of piperidine rings is 1. The minimum Gasteiger partial charge on any atom is -0.487 e. The van der Waals surface area contributed by atoms with E-state index in [2.05, 4.69) is 39.7 Å². The Morgan fingerprint density at radius 3 is 2.77 bits per heavy atom. The van der Waals surface area contributed by atoms with E-state index in [9.17, 15) is 4.79 Å². The second kappa shape index (κ2) is 8.06. The fourth-order valence-corrected chi connectivity index (χ4v) is 5.23. The molecule has 1 saturated heterocycles. The van der Waals surface area contributed by atoms with Crippen molar-refractivity contribution in [2.24, 2.45) is 7.05 Å². The first kappa shape index (κ1) is 19.6. The fraction of sp³-hybridized carbons (Fsp3) is 0.583. The van der Waals surface area contributed by atoms with E-state index in [0.29, 0.717) is 12.5 Å². The smallest absolute Gasteiger partial charge is 0.220 e. The Hall–Kier alpha value is -2.34. The molecule has 1 atom stereocenters. The number of hydrogen-bond donors (Lipinski definition) is 1. The molecule has 160 valence electrons. The summed E-state index contributed by atoms with van der Waals surface area (Å²) in [5, 5.41) is 7.51. The molecule has 1 saturated carbocycles. The minimum atomic E-state index is -0.152. The normalized spacial score (nSPS) is 23.4. The van der Waals surface area contributed by atoms with Crippen LogP contribution in [-0.4, -0.2) is 45.3 Å². The second-order valence-electron chi connectivity index (χ2n) is 9.42. The first-order valence-electron chi connectivity index (χ1n) is 11.4. The molecule has 1 amide bonds. The molecule has 1 aliphatic carbocycles. The van der Waals surface area contributed by atoms with Gasteiger partial charge in [-0.3, -0.25) is 14.4 Å². The molecule has 1 spiro atoms. The SMILES string of the molecule is Cn1cc(CN2CCC3(CC2)C[C@@H](CC(=O)NC2CCC2)c2ccccc2O3)cn1. The number of fused-ring (bicyclic) bond motifs is 1. The topological polar surface area (TPSA) is 59.4 Å². The first-order valence-corrected chi connectivity index (χ1v) is 11.4. The van der Waals surface area contributed by atoms with Gasteiger partial charge in [-0.15, -0.1) is 0 Å². The monoisotopic (exact) mass is 408 g/mol. The Balaban J connectivity index is 1.26. The highest BCUT2D eigenvalue weighted by Gasteiger charge is 2.43. The summed E-state index contributed by atoms with van der Waals surface area (Å²) >= 11 is 0. The molecular formula is C24H32N4O2. The number of amides is 1. The van der Waals surface area contributed by atoms with Crippen molar-refractivity contribution in [1.82, 2.24) is 20.0 Å². The number of aryl methyl sites for hydroxylation is 1. The molecule has 1 N–H and O–H groups in total. The van der Waals surface area contributed by atoms with Crippen LogP contribution in [0, 0.1) is 0 Å². The number of ether oxygens (including phenoxy) is 1. The summed E-state index contributed by atoms with van der Waals surface area (Å²) in [5.74, 6) is 1.41. The van der Waals surface area contributed by atoms with Gasteiger partial charge in [0.2, 0.25) is 5.91 Å². The van der Waals surface area contributed by atoms with Crippen LogP contribution in [-0.2, 0) is 18.4 Å². The van der Waals surface area contributed by atoms with Gasteiger partial charge in [0, 0.05) is 56.8 Å². The summed E-state index contributed by atoms with van der Waals surface area (Å²) in [4.78, 5) is 15.2. The molecule has 6 heteroatoms. The lowest BCUT2D eigenvalue weighted by Gasteiger charge is -2.47. The average Bonchev–Trinajstić information content (AvgIpc) is 3.11. The van der Waals surface area contributed by atoms with Gasteiger partial charge in [0.25, 0.3) is 0 Å². The zero-order valence-corrected chi connectivity index (χ0v) is 17.8. The maximum absolute atomic E-state index is 12.7. The number of para-hydroxylation sites is 1. The molecule has 0 radical (unpaired) electrons. The zero-order chi connectivity index (χ0) is 20.6. The van der Waals surface area contributed by atoms with E-state index in [1.54, 1.807) is 0 Å². The first-order chi connectivity index (χ1) is 14.6. The molecule has 2 aromatic rings. The van der Waals surface area contributed by atoms with Crippen molar-refractivity contribution in [2.45, 2.75) is 69.1 Å². The molecule has 30 heavy (non-hydrogen) atoms. The number of nitrogens with zero attached hydrogens (tertiary/aromatic N) is 3. The molecule has 3 heterocycles. The van der Waals surface area contributed by atoms with Crippen LogP contribution in [0.4, 0.5) is 0 Å². The molecule has 1 aromatic carbocycles. The van der Waals surface area contributed by atoms with Crippen LogP contribution in [0.25, 0.3) is 0 Å². The zero-order valence-electron chi connectivity index (χ0n) is 17.8. The van der Waals surface area contributed by atoms with Crippen molar-refractivity contribution in [3.8, 4) is 5.75 Å². The van der Waals surface area contributed by atoms with E-state index in [1.165, 1.54) is 17.5 Å². The summed E-state index contributed by atoms with van der Waals surface area (Å²) < 4.78 is 8.48. The Bertz CT molecular complexity index is 896. The highest BCUT2D eigenvalue weighted by molar-refractivity contribution is 5.77. The molecular weight excluding hydrogens is 376 g/mol. The van der Waals surface area contributed by atoms with Gasteiger partial charge < -0.3 is 10.1 Å². The summed E-state index contributed by atoms with van der Waals surface area (Å²) in [7, 11) is 1.96. The molecule has 5 rings (SSSR count). The average molecular weight is 409 g/mol. The highest BCUT2D eigenvalue weighted by atomic mass is 16.5. The van der Waals surface area contributed by atoms with Gasteiger partial charge in [-0.05, 0) is 50.2 Å². The van der Waals surface area contributed by atoms with Crippen LogP contribution < -0.4 is 10.1 Å². The van der Waals surface area contributed by atoms with Crippen LogP contribution in [0.2, 0.25) is 0 Å². The van der Waals surface area contributed by atoms with Crippen LogP contribution >= 0.6 is 0 Å². The van der Waals surface area contributed by atoms with Gasteiger partial charge in [0.15, 0.2) is 0 Å². The number of hydrogen-bond acceptors (Lipinski definition) is 4.